The van der Waals surface area contributed by atoms with Gasteiger partial charge in [0.15, 0.2) is 0 Å². The molecule has 0 unspecified atom stereocenters. The molecule has 0 fully saturated rings. The Bertz CT molecular complexity index is 619. The van der Waals surface area contributed by atoms with E-state index in [0.29, 0.717) is 5.69 Å². The zero-order valence-corrected chi connectivity index (χ0v) is 11.7. The van der Waals surface area contributed by atoms with Crippen molar-refractivity contribution in [2.45, 2.75) is 0 Å². The van der Waals surface area contributed by atoms with Gasteiger partial charge in [0, 0.05) is 9.64 Å². The average Bonchev–Trinajstić information content (AvgIpc) is 2.37. The lowest BCUT2D eigenvalue weighted by atomic mass is 10.3. The quantitative estimate of drug-likeness (QED) is 0.760. The van der Waals surface area contributed by atoms with Gasteiger partial charge in [0.05, 0.1) is 11.4 Å². The maximum absolute atomic E-state index is 13.3. The van der Waals surface area contributed by atoms with Gasteiger partial charge in [-0.25, -0.2) is 13.6 Å². The summed E-state index contributed by atoms with van der Waals surface area (Å²) in [5, 5.41) is 4.82. The Balaban J connectivity index is 2.10. The minimum absolute atomic E-state index is 0.205. The van der Waals surface area contributed by atoms with Crippen LogP contribution in [0.5, 0.6) is 0 Å². The molecule has 19 heavy (non-hydrogen) atoms. The van der Waals surface area contributed by atoms with Crippen molar-refractivity contribution in [1.82, 2.24) is 0 Å². The minimum atomic E-state index is -0.695. The Kier molecular flexibility index (Phi) is 4.31. The lowest BCUT2D eigenvalue weighted by Gasteiger charge is -2.09. The summed E-state index contributed by atoms with van der Waals surface area (Å²) in [5.41, 5.74) is 0.390. The Morgan fingerprint density at radius 1 is 1.00 bits per heavy atom. The van der Waals surface area contributed by atoms with E-state index in [2.05, 4.69) is 33.2 Å². The van der Waals surface area contributed by atoms with Gasteiger partial charge in [-0.2, -0.15) is 0 Å². The SMILES string of the molecule is O=C(Nc1cc(F)ccc1F)Nc1ccccc1I. The number of carbonyl (C=O) groups excluding carboxylic acids is 1. The van der Waals surface area contributed by atoms with E-state index in [1.54, 1.807) is 12.1 Å². The number of benzene rings is 2. The second-order valence-corrected chi connectivity index (χ2v) is 4.85. The van der Waals surface area contributed by atoms with Crippen molar-refractivity contribution in [2.24, 2.45) is 0 Å². The Hall–Kier alpha value is -1.70. The van der Waals surface area contributed by atoms with Crippen LogP contribution in [0, 0.1) is 15.2 Å². The lowest BCUT2D eigenvalue weighted by Crippen LogP contribution is -2.20. The highest BCUT2D eigenvalue weighted by Gasteiger charge is 2.09. The predicted molar refractivity (Wildman–Crippen MR) is 78.2 cm³/mol. The molecule has 2 aromatic rings. The fraction of sp³-hybridized carbons (Fsp3) is 0. The van der Waals surface area contributed by atoms with E-state index < -0.39 is 17.7 Å². The van der Waals surface area contributed by atoms with Gasteiger partial charge in [-0.05, 0) is 46.9 Å². The van der Waals surface area contributed by atoms with Crippen LogP contribution >= 0.6 is 22.6 Å². The van der Waals surface area contributed by atoms with E-state index in [1.165, 1.54) is 0 Å². The van der Waals surface area contributed by atoms with Crippen LogP contribution in [-0.4, -0.2) is 6.03 Å². The van der Waals surface area contributed by atoms with Crippen LogP contribution in [0.3, 0.4) is 0 Å². The Morgan fingerprint density at radius 2 is 1.68 bits per heavy atom. The molecule has 2 aromatic carbocycles. The van der Waals surface area contributed by atoms with Gasteiger partial charge in [-0.3, -0.25) is 0 Å². The van der Waals surface area contributed by atoms with Crippen molar-refractivity contribution in [3.05, 3.63) is 57.7 Å². The number of para-hydroxylation sites is 1. The van der Waals surface area contributed by atoms with Crippen LogP contribution in [0.15, 0.2) is 42.5 Å². The van der Waals surface area contributed by atoms with Crippen molar-refractivity contribution in [3.63, 3.8) is 0 Å². The molecule has 0 aliphatic rings. The van der Waals surface area contributed by atoms with E-state index in [1.807, 2.05) is 12.1 Å². The molecule has 0 bridgehead atoms. The van der Waals surface area contributed by atoms with Crippen LogP contribution in [0.2, 0.25) is 0 Å². The van der Waals surface area contributed by atoms with E-state index in [4.69, 9.17) is 0 Å². The zero-order chi connectivity index (χ0) is 13.8. The molecular formula is C13H9F2IN2O. The third kappa shape index (κ3) is 3.63. The summed E-state index contributed by atoms with van der Waals surface area (Å²) >= 11 is 2.06. The summed E-state index contributed by atoms with van der Waals surface area (Å²) in [6.07, 6.45) is 0. The first-order valence-corrected chi connectivity index (χ1v) is 6.42. The van der Waals surface area contributed by atoms with Gasteiger partial charge in [0.25, 0.3) is 0 Å². The van der Waals surface area contributed by atoms with E-state index in [-0.39, 0.29) is 5.69 Å². The summed E-state index contributed by atoms with van der Waals surface area (Å²) in [4.78, 5) is 11.7. The number of anilines is 2. The standard InChI is InChI=1S/C13H9F2IN2O/c14-8-5-6-9(15)12(7-8)18-13(19)17-11-4-2-1-3-10(11)16/h1-7H,(H2,17,18,19). The maximum Gasteiger partial charge on any atom is 0.323 e. The monoisotopic (exact) mass is 374 g/mol. The molecule has 0 saturated heterocycles. The number of nitrogens with one attached hydrogen (secondary N) is 2. The molecule has 0 heterocycles. The third-order valence-corrected chi connectivity index (χ3v) is 3.24. The van der Waals surface area contributed by atoms with Gasteiger partial charge in [-0.1, -0.05) is 12.1 Å². The normalized spacial score (nSPS) is 10.1. The lowest BCUT2D eigenvalue weighted by molar-refractivity contribution is 0.262. The number of hydrogen-bond donors (Lipinski definition) is 2. The smallest absolute Gasteiger partial charge is 0.307 e. The molecule has 0 spiro atoms. The topological polar surface area (TPSA) is 41.1 Å². The largest absolute Gasteiger partial charge is 0.323 e. The van der Waals surface area contributed by atoms with Gasteiger partial charge in [-0.15, -0.1) is 0 Å². The molecule has 0 atom stereocenters. The molecule has 6 heteroatoms. The van der Waals surface area contributed by atoms with E-state index >= 15 is 0 Å². The molecule has 2 N–H and O–H groups in total. The van der Waals surface area contributed by atoms with Crippen LogP contribution < -0.4 is 10.6 Å². The van der Waals surface area contributed by atoms with Crippen molar-refractivity contribution >= 4 is 40.0 Å². The summed E-state index contributed by atoms with van der Waals surface area (Å²) in [6.45, 7) is 0. The third-order valence-electron chi connectivity index (χ3n) is 2.30. The second kappa shape index (κ2) is 5.96. The molecule has 2 amide bonds. The van der Waals surface area contributed by atoms with Crippen molar-refractivity contribution in [3.8, 4) is 0 Å². The number of halogens is 3. The first kappa shape index (κ1) is 13.7. The summed E-state index contributed by atoms with van der Waals surface area (Å²) in [6, 6.07) is 9.36. The van der Waals surface area contributed by atoms with Crippen LogP contribution in [0.4, 0.5) is 25.0 Å². The van der Waals surface area contributed by atoms with Crippen molar-refractivity contribution in [2.75, 3.05) is 10.6 Å². The van der Waals surface area contributed by atoms with Gasteiger partial charge in [0.2, 0.25) is 0 Å². The number of carbonyl (C=O) groups is 1. The van der Waals surface area contributed by atoms with Gasteiger partial charge >= 0.3 is 6.03 Å². The van der Waals surface area contributed by atoms with E-state index in [9.17, 15) is 13.6 Å². The highest BCUT2D eigenvalue weighted by atomic mass is 127. The second-order valence-electron chi connectivity index (χ2n) is 3.68. The molecular weight excluding hydrogens is 365 g/mol. The maximum atomic E-state index is 13.3. The molecule has 0 aliphatic heterocycles. The molecule has 3 nitrogen and oxygen atoms in total. The summed E-state index contributed by atoms with van der Waals surface area (Å²) < 4.78 is 27.1. The van der Waals surface area contributed by atoms with Crippen LogP contribution in [0.25, 0.3) is 0 Å². The van der Waals surface area contributed by atoms with Crippen LogP contribution in [0.1, 0.15) is 0 Å². The Labute approximate surface area is 122 Å². The number of amides is 2. The van der Waals surface area contributed by atoms with Gasteiger partial charge < -0.3 is 10.6 Å². The molecule has 0 saturated carbocycles. The van der Waals surface area contributed by atoms with Crippen LogP contribution in [-0.2, 0) is 0 Å². The highest BCUT2D eigenvalue weighted by molar-refractivity contribution is 14.1. The first-order chi connectivity index (χ1) is 9.06. The average molecular weight is 374 g/mol. The molecule has 0 radical (unpaired) electrons. The fourth-order valence-electron chi connectivity index (χ4n) is 1.43. The van der Waals surface area contributed by atoms with E-state index in [0.717, 1.165) is 21.8 Å². The summed E-state index contributed by atoms with van der Waals surface area (Å²) in [5.74, 6) is -1.31. The van der Waals surface area contributed by atoms with Crippen molar-refractivity contribution < 1.29 is 13.6 Å². The highest BCUT2D eigenvalue weighted by Crippen LogP contribution is 2.19. The van der Waals surface area contributed by atoms with Gasteiger partial charge in [0.1, 0.15) is 11.6 Å². The zero-order valence-electron chi connectivity index (χ0n) is 9.58. The fourth-order valence-corrected chi connectivity index (χ4v) is 1.95. The molecule has 0 aliphatic carbocycles. The molecule has 98 valence electrons. The predicted octanol–water partition coefficient (Wildman–Crippen LogP) is 4.21. The first-order valence-electron chi connectivity index (χ1n) is 5.34. The number of hydrogen-bond acceptors (Lipinski definition) is 1. The minimum Gasteiger partial charge on any atom is -0.307 e. The molecule has 2 rings (SSSR count). The molecule has 0 aromatic heterocycles. The Morgan fingerprint density at radius 3 is 2.42 bits per heavy atom. The summed E-state index contributed by atoms with van der Waals surface area (Å²) in [7, 11) is 0. The number of urea groups is 1. The van der Waals surface area contributed by atoms with Crippen molar-refractivity contribution in [1.29, 1.82) is 0 Å². The number of rotatable bonds is 2.